The lowest BCUT2D eigenvalue weighted by molar-refractivity contribution is 0.146. The van der Waals surface area contributed by atoms with E-state index in [2.05, 4.69) is 25.5 Å². The van der Waals surface area contributed by atoms with Gasteiger partial charge < -0.3 is 15.3 Å². The lowest BCUT2D eigenvalue weighted by atomic mass is 10.2. The van der Waals surface area contributed by atoms with Gasteiger partial charge in [-0.05, 0) is 31.0 Å². The van der Waals surface area contributed by atoms with Crippen LogP contribution in [-0.4, -0.2) is 56.9 Å². The summed E-state index contributed by atoms with van der Waals surface area (Å²) in [6.07, 6.45) is 7.13. The number of nitrogens with zero attached hydrogens (tertiary/aromatic N) is 5. The Bertz CT molecular complexity index is 546. The monoisotopic (exact) mass is 302 g/mol. The minimum atomic E-state index is -0.439. The first-order chi connectivity index (χ1) is 10.8. The Hall–Kier alpha value is -1.99. The summed E-state index contributed by atoms with van der Waals surface area (Å²) < 4.78 is 1.74. The van der Waals surface area contributed by atoms with Crippen molar-refractivity contribution in [1.29, 1.82) is 0 Å². The van der Waals surface area contributed by atoms with E-state index in [1.54, 1.807) is 17.1 Å². The van der Waals surface area contributed by atoms with Crippen LogP contribution in [0.2, 0.25) is 0 Å². The molecule has 2 N–H and O–H groups in total. The second-order valence-electron chi connectivity index (χ2n) is 5.61. The summed E-state index contributed by atoms with van der Waals surface area (Å²) in [5.41, 5.74) is 0. The summed E-state index contributed by atoms with van der Waals surface area (Å²) in [5.74, 6) is 0.934. The van der Waals surface area contributed by atoms with Crippen molar-refractivity contribution in [1.82, 2.24) is 25.3 Å². The molecule has 0 spiro atoms. The minimum Gasteiger partial charge on any atom is -0.390 e. The van der Waals surface area contributed by atoms with Crippen LogP contribution in [0.15, 0.2) is 36.8 Å². The van der Waals surface area contributed by atoms with Crippen molar-refractivity contribution in [3.8, 4) is 0 Å². The molecule has 1 aliphatic rings. The normalized spacial score (nSPS) is 19.5. The zero-order valence-electron chi connectivity index (χ0n) is 12.5. The van der Waals surface area contributed by atoms with Gasteiger partial charge in [0, 0.05) is 44.3 Å². The third-order valence-corrected chi connectivity index (χ3v) is 3.95. The van der Waals surface area contributed by atoms with Crippen LogP contribution >= 0.6 is 0 Å². The Balaban J connectivity index is 1.44. The molecule has 0 bridgehead atoms. The van der Waals surface area contributed by atoms with Crippen molar-refractivity contribution in [2.45, 2.75) is 31.5 Å². The molecule has 2 atom stereocenters. The highest BCUT2D eigenvalue weighted by atomic mass is 16.3. The minimum absolute atomic E-state index is 0.411. The first-order valence-corrected chi connectivity index (χ1v) is 7.73. The highest BCUT2D eigenvalue weighted by Crippen LogP contribution is 2.22. The maximum Gasteiger partial charge on any atom is 0.151 e. The molecule has 1 fully saturated rings. The maximum absolute atomic E-state index is 10.0. The lowest BCUT2D eigenvalue weighted by Gasteiger charge is -2.25. The van der Waals surface area contributed by atoms with Crippen LogP contribution < -0.4 is 10.2 Å². The second-order valence-corrected chi connectivity index (χ2v) is 5.61. The molecule has 118 valence electrons. The van der Waals surface area contributed by atoms with Crippen LogP contribution in [0.1, 0.15) is 12.8 Å². The molecule has 7 heteroatoms. The fourth-order valence-corrected chi connectivity index (χ4v) is 2.90. The predicted octanol–water partition coefficient (Wildman–Crippen LogP) is 0.293. The SMILES string of the molecule is O[C@@H](CNC[C@H]1CCCN1c1cccnn1)Cn1cccn1. The summed E-state index contributed by atoms with van der Waals surface area (Å²) in [7, 11) is 0. The first-order valence-electron chi connectivity index (χ1n) is 7.73. The number of anilines is 1. The summed E-state index contributed by atoms with van der Waals surface area (Å²) in [6.45, 7) is 2.93. The molecule has 0 amide bonds. The molecular formula is C15H22N6O. The predicted molar refractivity (Wildman–Crippen MR) is 83.5 cm³/mol. The molecule has 0 aromatic carbocycles. The van der Waals surface area contributed by atoms with Crippen LogP contribution in [0.3, 0.4) is 0 Å². The zero-order valence-corrected chi connectivity index (χ0v) is 12.5. The average molecular weight is 302 g/mol. The van der Waals surface area contributed by atoms with Gasteiger partial charge in [-0.15, -0.1) is 5.10 Å². The van der Waals surface area contributed by atoms with Gasteiger partial charge in [0.15, 0.2) is 5.82 Å². The summed E-state index contributed by atoms with van der Waals surface area (Å²) in [5, 5.41) is 25.6. The van der Waals surface area contributed by atoms with Crippen molar-refractivity contribution in [2.75, 3.05) is 24.5 Å². The van der Waals surface area contributed by atoms with Crippen LogP contribution in [0, 0.1) is 0 Å². The summed E-state index contributed by atoms with van der Waals surface area (Å²) in [4.78, 5) is 2.29. The van der Waals surface area contributed by atoms with Gasteiger partial charge in [-0.1, -0.05) is 0 Å². The molecule has 1 aliphatic heterocycles. The molecule has 2 aromatic rings. The largest absolute Gasteiger partial charge is 0.390 e. The van der Waals surface area contributed by atoms with Gasteiger partial charge in [-0.25, -0.2) is 0 Å². The van der Waals surface area contributed by atoms with Crippen molar-refractivity contribution >= 4 is 5.82 Å². The van der Waals surface area contributed by atoms with Crippen molar-refractivity contribution in [3.05, 3.63) is 36.8 Å². The van der Waals surface area contributed by atoms with E-state index in [9.17, 15) is 5.11 Å². The molecule has 7 nitrogen and oxygen atoms in total. The number of hydrogen-bond acceptors (Lipinski definition) is 6. The van der Waals surface area contributed by atoms with Gasteiger partial charge in [0.1, 0.15) is 0 Å². The molecule has 0 aliphatic carbocycles. The quantitative estimate of drug-likeness (QED) is 0.765. The van der Waals surface area contributed by atoms with E-state index >= 15 is 0 Å². The Labute approximate surface area is 130 Å². The molecule has 0 unspecified atom stereocenters. The third kappa shape index (κ3) is 3.80. The lowest BCUT2D eigenvalue weighted by Crippen LogP contribution is -2.41. The van der Waals surface area contributed by atoms with Gasteiger partial charge >= 0.3 is 0 Å². The Morgan fingerprint density at radius 1 is 1.36 bits per heavy atom. The molecule has 3 rings (SSSR count). The molecule has 3 heterocycles. The van der Waals surface area contributed by atoms with Gasteiger partial charge in [0.25, 0.3) is 0 Å². The Morgan fingerprint density at radius 2 is 2.32 bits per heavy atom. The number of aromatic nitrogens is 4. The molecule has 0 radical (unpaired) electrons. The average Bonchev–Trinajstić information content (AvgIpc) is 3.20. The smallest absolute Gasteiger partial charge is 0.151 e. The topological polar surface area (TPSA) is 79.1 Å². The number of hydrogen-bond donors (Lipinski definition) is 2. The number of aliphatic hydroxyl groups is 1. The van der Waals surface area contributed by atoms with Gasteiger partial charge in [0.05, 0.1) is 12.6 Å². The van der Waals surface area contributed by atoms with Crippen LogP contribution in [-0.2, 0) is 6.54 Å². The second kappa shape index (κ2) is 7.33. The fraction of sp³-hybridized carbons (Fsp3) is 0.533. The highest BCUT2D eigenvalue weighted by Gasteiger charge is 2.25. The maximum atomic E-state index is 10.0. The molecular weight excluding hydrogens is 280 g/mol. The number of aliphatic hydroxyl groups excluding tert-OH is 1. The van der Waals surface area contributed by atoms with E-state index in [1.807, 2.05) is 24.4 Å². The fourth-order valence-electron chi connectivity index (χ4n) is 2.90. The summed E-state index contributed by atoms with van der Waals surface area (Å²) >= 11 is 0. The number of rotatable bonds is 7. The van der Waals surface area contributed by atoms with E-state index in [-0.39, 0.29) is 0 Å². The van der Waals surface area contributed by atoms with Gasteiger partial charge in [0.2, 0.25) is 0 Å². The van der Waals surface area contributed by atoms with Crippen LogP contribution in [0.5, 0.6) is 0 Å². The van der Waals surface area contributed by atoms with E-state index in [0.29, 0.717) is 19.1 Å². The molecule has 1 saturated heterocycles. The molecule has 0 saturated carbocycles. The number of nitrogens with one attached hydrogen (secondary N) is 1. The van der Waals surface area contributed by atoms with Crippen LogP contribution in [0.25, 0.3) is 0 Å². The van der Waals surface area contributed by atoms with Crippen molar-refractivity contribution < 1.29 is 5.11 Å². The third-order valence-electron chi connectivity index (χ3n) is 3.95. The zero-order chi connectivity index (χ0) is 15.2. The Morgan fingerprint density at radius 3 is 3.09 bits per heavy atom. The van der Waals surface area contributed by atoms with Gasteiger partial charge in [-0.2, -0.15) is 10.2 Å². The van der Waals surface area contributed by atoms with E-state index in [1.165, 1.54) is 6.42 Å². The molecule has 22 heavy (non-hydrogen) atoms. The highest BCUT2D eigenvalue weighted by molar-refractivity contribution is 5.39. The van der Waals surface area contributed by atoms with E-state index in [4.69, 9.17) is 0 Å². The first kappa shape index (κ1) is 14.9. The van der Waals surface area contributed by atoms with Crippen molar-refractivity contribution in [3.63, 3.8) is 0 Å². The van der Waals surface area contributed by atoms with E-state index < -0.39 is 6.10 Å². The standard InChI is InChI=1S/C15H22N6O/c22-14(12-20-8-3-7-18-20)11-16-10-13-4-2-9-21(13)15-5-1-6-17-19-15/h1,3,5-8,13-14,16,22H,2,4,9-12H2/t13-,14+/m1/s1. The van der Waals surface area contributed by atoms with Gasteiger partial charge in [-0.3, -0.25) is 4.68 Å². The van der Waals surface area contributed by atoms with Crippen LogP contribution in [0.4, 0.5) is 5.82 Å². The Kier molecular flexibility index (Phi) is 4.97. The van der Waals surface area contributed by atoms with Crippen molar-refractivity contribution in [2.24, 2.45) is 0 Å². The molecule has 2 aromatic heterocycles. The summed E-state index contributed by atoms with van der Waals surface area (Å²) in [6, 6.07) is 6.18. The van der Waals surface area contributed by atoms with E-state index in [0.717, 1.165) is 25.3 Å².